The minimum Gasteiger partial charge on any atom is -0.331 e. The van der Waals surface area contributed by atoms with Gasteiger partial charge in [-0.25, -0.2) is 0 Å². The van der Waals surface area contributed by atoms with Gasteiger partial charge in [-0.1, -0.05) is 91.0 Å². The number of carbonyl (C=O) groups excluding carboxylic acids is 3. The molecule has 6 nitrogen and oxygen atoms in total. The van der Waals surface area contributed by atoms with Crippen molar-refractivity contribution in [2.45, 2.75) is 74.8 Å². The highest BCUT2D eigenvalue weighted by Crippen LogP contribution is 2.68. The van der Waals surface area contributed by atoms with E-state index in [4.69, 9.17) is 0 Å². The number of benzene rings is 4. The Bertz CT molecular complexity index is 1680. The lowest BCUT2D eigenvalue weighted by molar-refractivity contribution is -0.131. The van der Waals surface area contributed by atoms with Gasteiger partial charge < -0.3 is 14.7 Å². The summed E-state index contributed by atoms with van der Waals surface area (Å²) < 4.78 is 0. The molecule has 4 aromatic carbocycles. The summed E-state index contributed by atoms with van der Waals surface area (Å²) in [4.78, 5) is 48.6. The first kappa shape index (κ1) is 25.6. The van der Waals surface area contributed by atoms with E-state index in [9.17, 15) is 14.4 Å². The van der Waals surface area contributed by atoms with E-state index in [0.29, 0.717) is 19.6 Å². The fourth-order valence-corrected chi connectivity index (χ4v) is 9.94. The zero-order valence-electron chi connectivity index (χ0n) is 24.9. The standard InChI is InChI=1S/C39H33N3O3/c43-37-25-16-28(40(37)19-22-10-4-1-5-11-22)34-31(25)35-29-18-27(39(45)41(29)20-23-12-6-2-7-13-23)33(35)36-30-17-26(32(34)36)38(44)42(30)21-24-14-8-3-9-15-24/h1-15,25-30H,16-21H2/t25-,26-,27-,28+,29+,30+/m0/s1. The van der Waals surface area contributed by atoms with Gasteiger partial charge in [0.05, 0.1) is 35.9 Å². The van der Waals surface area contributed by atoms with Gasteiger partial charge in [0.1, 0.15) is 0 Å². The molecule has 3 fully saturated rings. The maximum Gasteiger partial charge on any atom is 0.231 e. The number of amides is 3. The van der Waals surface area contributed by atoms with Gasteiger partial charge in [0.15, 0.2) is 0 Å². The molecule has 0 spiro atoms. The molecule has 3 aliphatic heterocycles. The second-order valence-corrected chi connectivity index (χ2v) is 13.7. The van der Waals surface area contributed by atoms with Crippen LogP contribution in [0.3, 0.4) is 0 Å². The molecule has 3 heterocycles. The summed E-state index contributed by atoms with van der Waals surface area (Å²) in [5.41, 5.74) is 10.7. The quantitative estimate of drug-likeness (QED) is 0.261. The lowest BCUT2D eigenvalue weighted by Gasteiger charge is -2.40. The van der Waals surface area contributed by atoms with Crippen LogP contribution in [-0.4, -0.2) is 32.4 Å². The van der Waals surface area contributed by atoms with Crippen molar-refractivity contribution in [2.24, 2.45) is 0 Å². The van der Waals surface area contributed by atoms with Gasteiger partial charge in [0.2, 0.25) is 17.7 Å². The summed E-state index contributed by atoms with van der Waals surface area (Å²) in [6.07, 6.45) is 2.31. The maximum absolute atomic E-state index is 14.1. The predicted molar refractivity (Wildman–Crippen MR) is 168 cm³/mol. The van der Waals surface area contributed by atoms with Crippen molar-refractivity contribution in [2.75, 3.05) is 0 Å². The van der Waals surface area contributed by atoms with Crippen LogP contribution in [0.25, 0.3) is 0 Å². The fraction of sp³-hybridized carbons (Fsp3) is 0.308. The normalized spacial score (nSPS) is 28.0. The van der Waals surface area contributed by atoms with Gasteiger partial charge in [-0.15, -0.1) is 0 Å². The molecule has 0 N–H and O–H groups in total. The molecule has 3 aliphatic carbocycles. The smallest absolute Gasteiger partial charge is 0.231 e. The topological polar surface area (TPSA) is 60.9 Å². The monoisotopic (exact) mass is 591 g/mol. The number of hydrogen-bond acceptors (Lipinski definition) is 3. The molecular formula is C39H33N3O3. The van der Waals surface area contributed by atoms with Crippen molar-refractivity contribution in [3.8, 4) is 0 Å². The highest BCUT2D eigenvalue weighted by atomic mass is 16.2. The number of rotatable bonds is 6. The van der Waals surface area contributed by atoms with Crippen LogP contribution in [0, 0.1) is 0 Å². The molecule has 3 saturated heterocycles. The van der Waals surface area contributed by atoms with Crippen LogP contribution < -0.4 is 0 Å². The molecule has 6 aliphatic rings. The number of fused-ring (bicyclic) bond motifs is 18. The molecule has 3 amide bonds. The Kier molecular flexibility index (Phi) is 5.21. The predicted octanol–water partition coefficient (Wildman–Crippen LogP) is 6.40. The first-order valence-electron chi connectivity index (χ1n) is 16.3. The lowest BCUT2D eigenvalue weighted by atomic mass is 9.77. The van der Waals surface area contributed by atoms with E-state index in [0.717, 1.165) is 36.0 Å². The Balaban J connectivity index is 1.14. The number of nitrogens with zero attached hydrogens (tertiary/aromatic N) is 3. The Morgan fingerprint density at radius 3 is 0.933 bits per heavy atom. The Morgan fingerprint density at radius 1 is 0.400 bits per heavy atom. The van der Waals surface area contributed by atoms with Gasteiger partial charge in [-0.3, -0.25) is 14.4 Å². The van der Waals surface area contributed by atoms with Crippen LogP contribution in [-0.2, 0) is 34.0 Å². The maximum atomic E-state index is 14.1. The van der Waals surface area contributed by atoms with Crippen molar-refractivity contribution in [1.82, 2.24) is 14.7 Å². The zero-order valence-corrected chi connectivity index (χ0v) is 24.9. The summed E-state index contributed by atoms with van der Waals surface area (Å²) in [5, 5.41) is 0. The van der Waals surface area contributed by atoms with Crippen molar-refractivity contribution in [3.63, 3.8) is 0 Å². The molecule has 4 aromatic rings. The number of likely N-dealkylation sites (tertiary alicyclic amines) is 3. The van der Waals surface area contributed by atoms with E-state index in [1.165, 1.54) is 33.4 Å². The first-order chi connectivity index (χ1) is 22.1. The highest BCUT2D eigenvalue weighted by Gasteiger charge is 2.62. The zero-order chi connectivity index (χ0) is 30.0. The SMILES string of the molecule is O=C1[C@H]2C[C@H](c3c4c(c5c(c32)[C@H]2C[C@@H]5C(=O)N2Cc2ccccc2)[C@H]2C[C@@H]4C(=O)N2Cc2ccccc2)N1Cc1ccccc1. The molecule has 0 aromatic heterocycles. The Hall–Kier alpha value is -4.71. The molecule has 0 radical (unpaired) electrons. The average Bonchev–Trinajstić information content (AvgIpc) is 3.90. The van der Waals surface area contributed by atoms with Crippen LogP contribution in [0.15, 0.2) is 91.0 Å². The van der Waals surface area contributed by atoms with Gasteiger partial charge in [0, 0.05) is 19.6 Å². The minimum atomic E-state index is -0.199. The van der Waals surface area contributed by atoms with Crippen molar-refractivity contribution >= 4 is 17.7 Å². The summed E-state index contributed by atoms with van der Waals surface area (Å²) in [5.74, 6) is -0.00600. The molecule has 6 atom stereocenters. The van der Waals surface area contributed by atoms with Crippen LogP contribution in [0.4, 0.5) is 0 Å². The molecule has 222 valence electrons. The molecule has 0 saturated carbocycles. The van der Waals surface area contributed by atoms with Gasteiger partial charge in [-0.05, 0) is 69.3 Å². The summed E-state index contributed by atoms with van der Waals surface area (Å²) in [7, 11) is 0. The van der Waals surface area contributed by atoms with E-state index in [1.807, 2.05) is 54.6 Å². The van der Waals surface area contributed by atoms with Crippen molar-refractivity contribution in [3.05, 3.63) is 141 Å². The van der Waals surface area contributed by atoms with Crippen LogP contribution in [0.5, 0.6) is 0 Å². The Morgan fingerprint density at radius 2 is 0.667 bits per heavy atom. The summed E-state index contributed by atoms with van der Waals surface area (Å²) in [6.45, 7) is 1.75. The van der Waals surface area contributed by atoms with Gasteiger partial charge >= 0.3 is 0 Å². The second kappa shape index (κ2) is 9.16. The van der Waals surface area contributed by atoms with Gasteiger partial charge in [0.25, 0.3) is 0 Å². The molecular weight excluding hydrogens is 558 g/mol. The van der Waals surface area contributed by atoms with Crippen LogP contribution >= 0.6 is 0 Å². The minimum absolute atomic E-state index is 0.0242. The van der Waals surface area contributed by atoms with E-state index < -0.39 is 0 Å². The second-order valence-electron chi connectivity index (χ2n) is 13.7. The van der Waals surface area contributed by atoms with E-state index in [-0.39, 0.29) is 53.6 Å². The number of carbonyl (C=O) groups is 3. The third-order valence-corrected chi connectivity index (χ3v) is 11.6. The van der Waals surface area contributed by atoms with E-state index in [2.05, 4.69) is 51.1 Å². The first-order valence-corrected chi connectivity index (χ1v) is 16.3. The molecule has 45 heavy (non-hydrogen) atoms. The molecule has 6 bridgehead atoms. The molecule has 10 rings (SSSR count). The average molecular weight is 592 g/mol. The molecule has 6 heteroatoms. The van der Waals surface area contributed by atoms with Gasteiger partial charge in [-0.2, -0.15) is 0 Å². The Labute approximate surface area is 262 Å². The van der Waals surface area contributed by atoms with Crippen LogP contribution in [0.1, 0.15) is 105 Å². The van der Waals surface area contributed by atoms with Crippen LogP contribution in [0.2, 0.25) is 0 Å². The van der Waals surface area contributed by atoms with E-state index in [1.54, 1.807) is 0 Å². The fourth-order valence-electron chi connectivity index (χ4n) is 9.94. The molecule has 0 unspecified atom stereocenters. The third-order valence-electron chi connectivity index (χ3n) is 11.6. The summed E-state index contributed by atoms with van der Waals surface area (Å²) >= 11 is 0. The van der Waals surface area contributed by atoms with E-state index >= 15 is 0 Å². The van der Waals surface area contributed by atoms with Crippen molar-refractivity contribution in [1.29, 1.82) is 0 Å². The number of hydrogen-bond donors (Lipinski definition) is 0. The van der Waals surface area contributed by atoms with Crippen molar-refractivity contribution < 1.29 is 14.4 Å². The highest BCUT2D eigenvalue weighted by molar-refractivity contribution is 5.98. The summed E-state index contributed by atoms with van der Waals surface area (Å²) in [6, 6.07) is 30.7. The lowest BCUT2D eigenvalue weighted by Crippen LogP contribution is -2.40. The third kappa shape index (κ3) is 3.37. The largest absolute Gasteiger partial charge is 0.331 e.